The van der Waals surface area contributed by atoms with Crippen molar-refractivity contribution in [2.24, 2.45) is 13.0 Å². The summed E-state index contributed by atoms with van der Waals surface area (Å²) in [4.78, 5) is 24.0. The zero-order valence-electron chi connectivity index (χ0n) is 16.1. The summed E-state index contributed by atoms with van der Waals surface area (Å²) in [6.07, 6.45) is 0.222. The van der Waals surface area contributed by atoms with Crippen LogP contribution in [0.5, 0.6) is 0 Å². The number of carbonyl (C=O) groups is 2. The number of aromatic nitrogens is 1. The van der Waals surface area contributed by atoms with Crippen LogP contribution in [0.3, 0.4) is 0 Å². The highest BCUT2D eigenvalue weighted by atomic mass is 35.5. The Bertz CT molecular complexity index is 1170. The number of amides is 2. The molecule has 2 N–H and O–H groups in total. The fourth-order valence-corrected chi connectivity index (χ4v) is 5.07. The first-order valence-corrected chi connectivity index (χ1v) is 11.2. The van der Waals surface area contributed by atoms with E-state index in [1.165, 1.54) is 0 Å². The third-order valence-corrected chi connectivity index (χ3v) is 7.39. The number of nitrogens with zero attached hydrogens (tertiary/aromatic N) is 3. The Morgan fingerprint density at radius 2 is 2.00 bits per heavy atom. The fourth-order valence-electron chi connectivity index (χ4n) is 3.50. The van der Waals surface area contributed by atoms with Crippen LogP contribution in [0, 0.1) is 17.2 Å². The maximum atomic E-state index is 12.9. The Kier molecular flexibility index (Phi) is 6.29. The molecule has 30 heavy (non-hydrogen) atoms. The van der Waals surface area contributed by atoms with Gasteiger partial charge in [0.1, 0.15) is 5.69 Å². The molecule has 1 aliphatic heterocycles. The minimum absolute atomic E-state index is 0.0578. The predicted octanol–water partition coefficient (Wildman–Crippen LogP) is 1.81. The number of piperidine rings is 1. The highest BCUT2D eigenvalue weighted by molar-refractivity contribution is 7.87. The minimum atomic E-state index is -4.02. The summed E-state index contributed by atoms with van der Waals surface area (Å²) in [5, 5.41) is 13.7. The van der Waals surface area contributed by atoms with Gasteiger partial charge in [-0.25, -0.2) is 4.72 Å². The van der Waals surface area contributed by atoms with Crippen molar-refractivity contribution in [1.82, 2.24) is 18.9 Å². The van der Waals surface area contributed by atoms with Crippen LogP contribution in [0.2, 0.25) is 10.0 Å². The number of nitrogens with one attached hydrogen (secondary N) is 2. The lowest BCUT2D eigenvalue weighted by molar-refractivity contribution is -0.117. The molecule has 9 nitrogen and oxygen atoms in total. The predicted molar refractivity (Wildman–Crippen MR) is 112 cm³/mol. The summed E-state index contributed by atoms with van der Waals surface area (Å²) < 4.78 is 28.9. The Hall–Kier alpha value is -2.32. The molecule has 1 aromatic heterocycles. The first-order valence-electron chi connectivity index (χ1n) is 8.97. The van der Waals surface area contributed by atoms with Gasteiger partial charge in [0.15, 0.2) is 0 Å². The minimum Gasteiger partial charge on any atom is -0.347 e. The molecule has 1 aliphatic rings. The first kappa shape index (κ1) is 22.4. The molecule has 160 valence electrons. The van der Waals surface area contributed by atoms with Gasteiger partial charge in [-0.05, 0) is 24.6 Å². The summed E-state index contributed by atoms with van der Waals surface area (Å²) in [6, 6.07) is 6.51. The number of fused-ring (bicyclic) bond motifs is 1. The zero-order chi connectivity index (χ0) is 22.2. The van der Waals surface area contributed by atoms with Gasteiger partial charge < -0.3 is 9.88 Å². The summed E-state index contributed by atoms with van der Waals surface area (Å²) in [5.41, 5.74) is 1.06. The van der Waals surface area contributed by atoms with Gasteiger partial charge in [0.25, 0.3) is 5.91 Å². The van der Waals surface area contributed by atoms with Crippen molar-refractivity contribution >= 4 is 56.1 Å². The van der Waals surface area contributed by atoms with E-state index in [4.69, 9.17) is 23.2 Å². The highest BCUT2D eigenvalue weighted by Crippen LogP contribution is 2.32. The van der Waals surface area contributed by atoms with Crippen molar-refractivity contribution in [2.75, 3.05) is 13.1 Å². The van der Waals surface area contributed by atoms with Crippen molar-refractivity contribution < 1.29 is 18.0 Å². The number of nitriles is 1. The summed E-state index contributed by atoms with van der Waals surface area (Å²) in [6.45, 7) is 1.01. The Labute approximate surface area is 183 Å². The van der Waals surface area contributed by atoms with E-state index in [9.17, 15) is 23.3 Å². The van der Waals surface area contributed by atoms with Crippen LogP contribution >= 0.6 is 23.2 Å². The first-order chi connectivity index (χ1) is 14.0. The third kappa shape index (κ3) is 4.25. The highest BCUT2D eigenvalue weighted by Gasteiger charge is 2.36. The van der Waals surface area contributed by atoms with Crippen LogP contribution < -0.4 is 10.0 Å². The van der Waals surface area contributed by atoms with Gasteiger partial charge in [-0.15, -0.1) is 0 Å². The van der Waals surface area contributed by atoms with Gasteiger partial charge >= 0.3 is 10.2 Å². The average molecular weight is 472 g/mol. The van der Waals surface area contributed by atoms with E-state index in [1.54, 1.807) is 29.8 Å². The number of benzene rings is 1. The zero-order valence-corrected chi connectivity index (χ0v) is 18.5. The normalized spacial score (nSPS) is 20.0. The van der Waals surface area contributed by atoms with E-state index in [1.807, 2.05) is 10.8 Å². The third-order valence-electron chi connectivity index (χ3n) is 5.02. The van der Waals surface area contributed by atoms with Crippen molar-refractivity contribution in [3.8, 4) is 6.07 Å². The summed E-state index contributed by atoms with van der Waals surface area (Å²) in [5.74, 6) is -1.91. The molecule has 2 amide bonds. The Balaban J connectivity index is 1.79. The average Bonchev–Trinajstić information content (AvgIpc) is 3.01. The number of hydrogen-bond acceptors (Lipinski definition) is 5. The number of hydrogen-bond donors (Lipinski definition) is 2. The lowest BCUT2D eigenvalue weighted by Crippen LogP contribution is -2.54. The van der Waals surface area contributed by atoms with Crippen molar-refractivity contribution in [3.63, 3.8) is 0 Å². The Morgan fingerprint density at radius 1 is 1.30 bits per heavy atom. The van der Waals surface area contributed by atoms with Crippen LogP contribution in [-0.4, -0.2) is 48.2 Å². The Morgan fingerprint density at radius 3 is 2.63 bits per heavy atom. The molecule has 0 bridgehead atoms. The summed E-state index contributed by atoms with van der Waals surface area (Å²) >= 11 is 12.3. The van der Waals surface area contributed by atoms with Crippen molar-refractivity contribution in [3.05, 3.63) is 33.9 Å². The summed E-state index contributed by atoms with van der Waals surface area (Å²) in [7, 11) is -2.31. The second kappa shape index (κ2) is 8.43. The molecule has 2 atom stereocenters. The maximum absolute atomic E-state index is 12.9. The van der Waals surface area contributed by atoms with Gasteiger partial charge in [-0.2, -0.15) is 18.0 Å². The molecule has 1 fully saturated rings. The molecule has 1 saturated heterocycles. The van der Waals surface area contributed by atoms with E-state index in [-0.39, 0.29) is 19.5 Å². The van der Waals surface area contributed by atoms with Gasteiger partial charge in [0, 0.05) is 44.0 Å². The van der Waals surface area contributed by atoms with Crippen molar-refractivity contribution in [2.45, 2.75) is 19.4 Å². The van der Waals surface area contributed by atoms with Crippen LogP contribution in [-0.2, 0) is 22.1 Å². The van der Waals surface area contributed by atoms with Crippen LogP contribution in [0.15, 0.2) is 18.2 Å². The molecule has 2 aromatic rings. The number of aryl methyl sites for hydroxylation is 1. The molecule has 0 unspecified atom stereocenters. The monoisotopic (exact) mass is 471 g/mol. The topological polar surface area (TPSA) is 124 Å². The van der Waals surface area contributed by atoms with E-state index < -0.39 is 34.0 Å². The van der Waals surface area contributed by atoms with Gasteiger partial charge in [-0.3, -0.25) is 9.59 Å². The van der Waals surface area contributed by atoms with E-state index in [0.29, 0.717) is 21.1 Å². The lowest BCUT2D eigenvalue weighted by Gasteiger charge is -2.34. The standard InChI is InChI=1S/C18H19Cl2N5O4S/c1-10(26)23-30(28,29)25-6-5-14(11(8-21)9-25)22-18(27)16-7-12-15(24(16)2)4-3-13(19)17(12)20/h3-4,7,11,14H,5-6,9H2,1-2H3,(H,22,27)(H,23,26)/t11-,14+/m0/s1. The van der Waals surface area contributed by atoms with Gasteiger partial charge in [0.2, 0.25) is 5.91 Å². The molecular weight excluding hydrogens is 453 g/mol. The molecular formula is C18H19Cl2N5O4S. The SMILES string of the molecule is CC(=O)NS(=O)(=O)N1CC[C@@H](NC(=O)c2cc3c(Cl)c(Cl)ccc3n2C)[C@@H](C#N)C1. The second-order valence-corrected chi connectivity index (χ2v) is 9.46. The lowest BCUT2D eigenvalue weighted by atomic mass is 9.94. The molecule has 2 heterocycles. The molecule has 0 saturated carbocycles. The fraction of sp³-hybridized carbons (Fsp3) is 0.389. The largest absolute Gasteiger partial charge is 0.347 e. The molecule has 3 rings (SSSR count). The quantitative estimate of drug-likeness (QED) is 0.703. The molecule has 0 radical (unpaired) electrons. The smallest absolute Gasteiger partial charge is 0.303 e. The number of halogens is 2. The van der Waals surface area contributed by atoms with Crippen LogP contribution in [0.1, 0.15) is 23.8 Å². The van der Waals surface area contributed by atoms with Crippen molar-refractivity contribution in [1.29, 1.82) is 5.26 Å². The van der Waals surface area contributed by atoms with E-state index in [2.05, 4.69) is 5.32 Å². The molecule has 0 aliphatic carbocycles. The van der Waals surface area contributed by atoms with E-state index in [0.717, 1.165) is 16.7 Å². The second-order valence-electron chi connectivity index (χ2n) is 7.01. The number of carbonyl (C=O) groups excluding carboxylic acids is 2. The van der Waals surface area contributed by atoms with Gasteiger partial charge in [0.05, 0.1) is 22.0 Å². The molecule has 1 aromatic carbocycles. The van der Waals surface area contributed by atoms with E-state index >= 15 is 0 Å². The van der Waals surface area contributed by atoms with Crippen LogP contribution in [0.25, 0.3) is 10.9 Å². The number of rotatable bonds is 4. The molecule has 12 heteroatoms. The van der Waals surface area contributed by atoms with Crippen LogP contribution in [0.4, 0.5) is 0 Å². The maximum Gasteiger partial charge on any atom is 0.303 e. The van der Waals surface area contributed by atoms with Gasteiger partial charge in [-0.1, -0.05) is 23.2 Å². The molecule has 0 spiro atoms.